The molecule has 0 spiro atoms. The number of rotatable bonds is 7. The molecule has 3 aromatic rings. The molecule has 0 unspecified atom stereocenters. The summed E-state index contributed by atoms with van der Waals surface area (Å²) in [6, 6.07) is 15.0. The van der Waals surface area contributed by atoms with Crippen molar-refractivity contribution < 1.29 is 4.79 Å². The van der Waals surface area contributed by atoms with Crippen LogP contribution in [0.3, 0.4) is 0 Å². The number of hydrazone groups is 1. The predicted molar refractivity (Wildman–Crippen MR) is 114 cm³/mol. The normalized spacial score (nSPS) is 11.1. The Kier molecular flexibility index (Phi) is 7.08. The van der Waals surface area contributed by atoms with Gasteiger partial charge >= 0.3 is 0 Å². The van der Waals surface area contributed by atoms with Crippen molar-refractivity contribution in [2.75, 3.05) is 5.75 Å². The van der Waals surface area contributed by atoms with E-state index >= 15 is 0 Å². The van der Waals surface area contributed by atoms with Crippen LogP contribution in [0, 0.1) is 0 Å². The molecule has 9 heteroatoms. The highest BCUT2D eigenvalue weighted by atomic mass is 35.5. The van der Waals surface area contributed by atoms with E-state index in [4.69, 9.17) is 23.2 Å². The number of nitrogens with zero attached hydrogens (tertiary/aromatic N) is 4. The summed E-state index contributed by atoms with van der Waals surface area (Å²) in [7, 11) is 0. The highest BCUT2D eigenvalue weighted by molar-refractivity contribution is 7.99. The molecule has 2 aromatic carbocycles. The summed E-state index contributed by atoms with van der Waals surface area (Å²) in [6.07, 6.45) is 1.46. The predicted octanol–water partition coefficient (Wildman–Crippen LogP) is 4.51. The van der Waals surface area contributed by atoms with Crippen LogP contribution in [0.25, 0.3) is 11.4 Å². The van der Waals surface area contributed by atoms with Gasteiger partial charge in [0.25, 0.3) is 5.91 Å². The Hall–Kier alpha value is -2.35. The largest absolute Gasteiger partial charge is 0.302 e. The summed E-state index contributed by atoms with van der Waals surface area (Å²) in [6.45, 7) is 2.71. The van der Waals surface area contributed by atoms with E-state index in [1.54, 1.807) is 18.2 Å². The molecule has 3 rings (SSSR count). The van der Waals surface area contributed by atoms with Crippen LogP contribution in [0.4, 0.5) is 0 Å². The van der Waals surface area contributed by atoms with Gasteiger partial charge < -0.3 is 4.57 Å². The molecule has 6 nitrogen and oxygen atoms in total. The number of aromatic nitrogens is 3. The SMILES string of the molecule is CCn1c(SCC(=O)N/N=C/c2cccc(Cl)c2Cl)nnc1-c1ccccc1. The van der Waals surface area contributed by atoms with Gasteiger partial charge in [-0.2, -0.15) is 5.10 Å². The van der Waals surface area contributed by atoms with Crippen molar-refractivity contribution in [3.63, 3.8) is 0 Å². The number of carbonyl (C=O) groups excluding carboxylic acids is 1. The monoisotopic (exact) mass is 433 g/mol. The van der Waals surface area contributed by atoms with E-state index in [0.717, 1.165) is 11.4 Å². The number of halogens is 2. The molecule has 0 saturated heterocycles. The topological polar surface area (TPSA) is 72.2 Å². The van der Waals surface area contributed by atoms with Crippen molar-refractivity contribution in [2.45, 2.75) is 18.6 Å². The maximum Gasteiger partial charge on any atom is 0.250 e. The van der Waals surface area contributed by atoms with Crippen LogP contribution < -0.4 is 5.43 Å². The molecule has 1 amide bonds. The number of hydrogen-bond acceptors (Lipinski definition) is 5. The van der Waals surface area contributed by atoms with Crippen molar-refractivity contribution in [1.29, 1.82) is 0 Å². The number of benzene rings is 2. The van der Waals surface area contributed by atoms with Gasteiger partial charge in [0.1, 0.15) is 0 Å². The summed E-state index contributed by atoms with van der Waals surface area (Å²) < 4.78 is 1.97. The first-order valence-corrected chi connectivity index (χ1v) is 10.2. The average molecular weight is 434 g/mol. The highest BCUT2D eigenvalue weighted by Crippen LogP contribution is 2.25. The molecular formula is C19H17Cl2N5OS. The van der Waals surface area contributed by atoms with Gasteiger partial charge in [-0.25, -0.2) is 5.43 Å². The van der Waals surface area contributed by atoms with Crippen LogP contribution in [-0.2, 0) is 11.3 Å². The molecule has 0 bridgehead atoms. The van der Waals surface area contributed by atoms with E-state index in [9.17, 15) is 4.79 Å². The fourth-order valence-electron chi connectivity index (χ4n) is 2.44. The first-order chi connectivity index (χ1) is 13.6. The summed E-state index contributed by atoms with van der Waals surface area (Å²) >= 11 is 13.3. The van der Waals surface area contributed by atoms with Crippen molar-refractivity contribution in [1.82, 2.24) is 20.2 Å². The first kappa shape index (κ1) is 20.4. The fourth-order valence-corrected chi connectivity index (χ4v) is 3.59. The van der Waals surface area contributed by atoms with E-state index in [1.807, 2.05) is 41.8 Å². The second-order valence-corrected chi connectivity index (χ2v) is 7.37. The molecule has 0 saturated carbocycles. The van der Waals surface area contributed by atoms with E-state index in [1.165, 1.54) is 18.0 Å². The van der Waals surface area contributed by atoms with Crippen LogP contribution in [0.5, 0.6) is 0 Å². The standard InChI is InChI=1S/C19H17Cl2N5OS/c1-2-26-18(13-7-4-3-5-8-13)24-25-19(26)28-12-16(27)23-22-11-14-9-6-10-15(20)17(14)21/h3-11H,2,12H2,1H3,(H,23,27)/b22-11+. The molecule has 144 valence electrons. The van der Waals surface area contributed by atoms with E-state index in [0.29, 0.717) is 27.3 Å². The Morgan fingerprint density at radius 1 is 1.18 bits per heavy atom. The lowest BCUT2D eigenvalue weighted by Crippen LogP contribution is -2.20. The van der Waals surface area contributed by atoms with E-state index in [2.05, 4.69) is 20.7 Å². The van der Waals surface area contributed by atoms with Gasteiger partial charge in [0.2, 0.25) is 0 Å². The minimum absolute atomic E-state index is 0.160. The van der Waals surface area contributed by atoms with E-state index in [-0.39, 0.29) is 11.7 Å². The molecule has 0 aliphatic carbocycles. The molecule has 28 heavy (non-hydrogen) atoms. The van der Waals surface area contributed by atoms with Gasteiger partial charge in [0.15, 0.2) is 11.0 Å². The Labute approximate surface area is 177 Å². The molecule has 0 radical (unpaired) electrons. The molecule has 0 aliphatic heterocycles. The Morgan fingerprint density at radius 2 is 1.96 bits per heavy atom. The number of thioether (sulfide) groups is 1. The number of nitrogens with one attached hydrogen (secondary N) is 1. The number of carbonyl (C=O) groups is 1. The second kappa shape index (κ2) is 9.73. The molecular weight excluding hydrogens is 417 g/mol. The van der Waals surface area contributed by atoms with Crippen molar-refractivity contribution in [3.05, 3.63) is 64.1 Å². The summed E-state index contributed by atoms with van der Waals surface area (Å²) in [4.78, 5) is 12.1. The molecule has 1 heterocycles. The highest BCUT2D eigenvalue weighted by Gasteiger charge is 2.14. The van der Waals surface area contributed by atoms with Crippen LogP contribution in [0.15, 0.2) is 58.8 Å². The van der Waals surface area contributed by atoms with Gasteiger partial charge in [0.05, 0.1) is 22.0 Å². The molecule has 1 aromatic heterocycles. The minimum Gasteiger partial charge on any atom is -0.302 e. The molecule has 1 N–H and O–H groups in total. The third kappa shape index (κ3) is 4.92. The van der Waals surface area contributed by atoms with Crippen LogP contribution >= 0.6 is 35.0 Å². The summed E-state index contributed by atoms with van der Waals surface area (Å²) in [5.41, 5.74) is 4.08. The first-order valence-electron chi connectivity index (χ1n) is 8.47. The van der Waals surface area contributed by atoms with Crippen molar-refractivity contribution in [2.24, 2.45) is 5.10 Å². The average Bonchev–Trinajstić information content (AvgIpc) is 3.13. The lowest BCUT2D eigenvalue weighted by atomic mass is 10.2. The van der Waals surface area contributed by atoms with Crippen LogP contribution in [0.2, 0.25) is 10.0 Å². The Balaban J connectivity index is 1.60. The van der Waals surface area contributed by atoms with Gasteiger partial charge in [-0.3, -0.25) is 4.79 Å². The quantitative estimate of drug-likeness (QED) is 0.337. The third-order valence-electron chi connectivity index (χ3n) is 3.77. The van der Waals surface area contributed by atoms with Gasteiger partial charge in [-0.15, -0.1) is 10.2 Å². The van der Waals surface area contributed by atoms with Crippen molar-refractivity contribution >= 4 is 47.1 Å². The molecule has 0 fully saturated rings. The molecule has 0 atom stereocenters. The zero-order valence-electron chi connectivity index (χ0n) is 15.0. The van der Waals surface area contributed by atoms with E-state index < -0.39 is 0 Å². The zero-order valence-corrected chi connectivity index (χ0v) is 17.3. The summed E-state index contributed by atoms with van der Waals surface area (Å²) in [5.74, 6) is 0.680. The van der Waals surface area contributed by atoms with Crippen LogP contribution in [-0.4, -0.2) is 32.6 Å². The summed E-state index contributed by atoms with van der Waals surface area (Å²) in [5, 5.41) is 13.9. The maximum absolute atomic E-state index is 12.1. The zero-order chi connectivity index (χ0) is 19.9. The number of hydrogen-bond donors (Lipinski definition) is 1. The lowest BCUT2D eigenvalue weighted by Gasteiger charge is -2.07. The molecule has 0 aliphatic rings. The van der Waals surface area contributed by atoms with Crippen molar-refractivity contribution in [3.8, 4) is 11.4 Å². The van der Waals surface area contributed by atoms with Gasteiger partial charge in [-0.05, 0) is 13.0 Å². The second-order valence-electron chi connectivity index (χ2n) is 5.64. The van der Waals surface area contributed by atoms with Gasteiger partial charge in [-0.1, -0.05) is 77.4 Å². The Bertz CT molecular complexity index is 991. The van der Waals surface area contributed by atoms with Crippen LogP contribution in [0.1, 0.15) is 12.5 Å². The van der Waals surface area contributed by atoms with Gasteiger partial charge in [0, 0.05) is 17.7 Å². The minimum atomic E-state index is -0.258. The third-order valence-corrected chi connectivity index (χ3v) is 5.57. The number of amides is 1. The lowest BCUT2D eigenvalue weighted by molar-refractivity contribution is -0.118. The Morgan fingerprint density at radius 3 is 2.71 bits per heavy atom. The maximum atomic E-state index is 12.1. The fraction of sp³-hybridized carbons (Fsp3) is 0.158. The smallest absolute Gasteiger partial charge is 0.250 e.